The van der Waals surface area contributed by atoms with Crippen LogP contribution >= 0.6 is 0 Å². The average molecular weight is 484 g/mol. The van der Waals surface area contributed by atoms with Crippen LogP contribution in [0.5, 0.6) is 11.5 Å². The molecule has 0 saturated carbocycles. The van der Waals surface area contributed by atoms with Crippen LogP contribution in [0.4, 0.5) is 16.2 Å². The monoisotopic (exact) mass is 483 g/mol. The van der Waals surface area contributed by atoms with E-state index in [4.69, 9.17) is 10.5 Å². The van der Waals surface area contributed by atoms with Gasteiger partial charge >= 0.3 is 6.03 Å². The lowest BCUT2D eigenvalue weighted by atomic mass is 10.2. The number of H-pyrrole nitrogens is 1. The van der Waals surface area contributed by atoms with Crippen molar-refractivity contribution in [3.63, 3.8) is 0 Å². The number of urea groups is 1. The van der Waals surface area contributed by atoms with E-state index in [-0.39, 0.29) is 11.9 Å². The molecule has 2 aromatic heterocycles. The molecule has 0 aliphatic carbocycles. The van der Waals surface area contributed by atoms with Gasteiger partial charge in [-0.25, -0.2) is 4.79 Å². The molecule has 2 aromatic carbocycles. The fourth-order valence-corrected chi connectivity index (χ4v) is 3.72. The van der Waals surface area contributed by atoms with Crippen LogP contribution in [-0.2, 0) is 0 Å². The Labute approximate surface area is 210 Å². The van der Waals surface area contributed by atoms with Crippen molar-refractivity contribution in [2.75, 3.05) is 16.8 Å². The third-order valence-electron chi connectivity index (χ3n) is 5.42. The Morgan fingerprint density at radius 3 is 2.50 bits per heavy atom. The maximum absolute atomic E-state index is 13.1. The molecule has 4 aromatic rings. The molecule has 4 N–H and O–H groups in total. The van der Waals surface area contributed by atoms with E-state index in [1.807, 2.05) is 55.5 Å². The van der Waals surface area contributed by atoms with Crippen molar-refractivity contribution in [3.8, 4) is 22.9 Å². The summed E-state index contributed by atoms with van der Waals surface area (Å²) in [7, 11) is 0. The van der Waals surface area contributed by atoms with Gasteiger partial charge < -0.3 is 20.8 Å². The lowest BCUT2D eigenvalue weighted by molar-refractivity contribution is 0.100. The van der Waals surface area contributed by atoms with E-state index in [2.05, 4.69) is 29.1 Å². The molecule has 0 aliphatic heterocycles. The molecule has 0 saturated heterocycles. The van der Waals surface area contributed by atoms with Crippen LogP contribution in [0.3, 0.4) is 0 Å². The van der Waals surface area contributed by atoms with Gasteiger partial charge in [-0.3, -0.25) is 14.7 Å². The third-order valence-corrected chi connectivity index (χ3v) is 5.42. The lowest BCUT2D eigenvalue weighted by Gasteiger charge is -2.25. The zero-order valence-corrected chi connectivity index (χ0v) is 20.5. The Bertz CT molecular complexity index is 1360. The minimum Gasteiger partial charge on any atom is -0.457 e. The molecule has 2 heterocycles. The van der Waals surface area contributed by atoms with Gasteiger partial charge in [-0.05, 0) is 66.9 Å². The summed E-state index contributed by atoms with van der Waals surface area (Å²) in [6.07, 6.45) is 3.17. The molecule has 0 spiro atoms. The van der Waals surface area contributed by atoms with Crippen molar-refractivity contribution in [1.82, 2.24) is 9.97 Å². The second kappa shape index (κ2) is 10.8. The van der Waals surface area contributed by atoms with Crippen LogP contribution in [0.2, 0.25) is 0 Å². The van der Waals surface area contributed by atoms with Gasteiger partial charge in [0.15, 0.2) is 0 Å². The largest absolute Gasteiger partial charge is 0.457 e. The Kier molecular flexibility index (Phi) is 7.34. The Morgan fingerprint density at radius 1 is 1.06 bits per heavy atom. The highest BCUT2D eigenvalue weighted by Gasteiger charge is 2.18. The highest BCUT2D eigenvalue weighted by molar-refractivity contribution is 6.01. The molecule has 0 fully saturated rings. The number of aromatic nitrogens is 2. The fraction of sp³-hybridized carbons (Fsp3) is 0.179. The number of ether oxygens (including phenoxy) is 1. The molecule has 3 amide bonds. The predicted octanol–water partition coefficient (Wildman–Crippen LogP) is 5.97. The number of benzene rings is 2. The Balaban J connectivity index is 1.49. The quantitative estimate of drug-likeness (QED) is 0.286. The number of anilines is 2. The summed E-state index contributed by atoms with van der Waals surface area (Å²) in [5.41, 5.74) is 9.59. The van der Waals surface area contributed by atoms with Crippen molar-refractivity contribution in [2.24, 2.45) is 11.7 Å². The summed E-state index contributed by atoms with van der Waals surface area (Å²) in [5, 5.41) is 2.99. The first-order valence-electron chi connectivity index (χ1n) is 11.7. The van der Waals surface area contributed by atoms with E-state index < -0.39 is 5.91 Å². The lowest BCUT2D eigenvalue weighted by Crippen LogP contribution is -2.37. The first-order chi connectivity index (χ1) is 17.3. The smallest absolute Gasteiger partial charge is 0.326 e. The number of hydrogen-bond donors (Lipinski definition) is 3. The number of nitrogens with zero attached hydrogens (tertiary/aromatic N) is 2. The van der Waals surface area contributed by atoms with Crippen molar-refractivity contribution < 1.29 is 14.3 Å². The number of nitrogens with two attached hydrogens (primary N) is 1. The standard InChI is InChI=1S/C28H29N5O3/c1-18(2)17-33(28(35)32-21-6-4-5-19(3)13-21)22-7-9-23(10-8-22)36-24-11-12-30-26(15-24)25-14-20(16-31-25)27(29)34/h4-16,18,31H,17H2,1-3H3,(H2,29,34)(H,32,35). The molecule has 8 nitrogen and oxygen atoms in total. The molecule has 0 atom stereocenters. The van der Waals surface area contributed by atoms with Crippen molar-refractivity contribution in [2.45, 2.75) is 20.8 Å². The van der Waals surface area contributed by atoms with Crippen LogP contribution < -0.4 is 20.7 Å². The number of amides is 3. The number of aryl methyl sites for hydroxylation is 1. The number of pyridine rings is 1. The number of carbonyl (C=O) groups excluding carboxylic acids is 2. The van der Waals surface area contributed by atoms with Gasteiger partial charge in [-0.15, -0.1) is 0 Å². The van der Waals surface area contributed by atoms with Crippen molar-refractivity contribution in [1.29, 1.82) is 0 Å². The summed E-state index contributed by atoms with van der Waals surface area (Å²) in [4.78, 5) is 33.5. The summed E-state index contributed by atoms with van der Waals surface area (Å²) < 4.78 is 6.02. The van der Waals surface area contributed by atoms with Gasteiger partial charge in [0.2, 0.25) is 5.91 Å². The second-order valence-corrected chi connectivity index (χ2v) is 8.94. The minimum atomic E-state index is -0.510. The highest BCUT2D eigenvalue weighted by atomic mass is 16.5. The molecule has 0 radical (unpaired) electrons. The third kappa shape index (κ3) is 6.09. The van der Waals surface area contributed by atoms with E-state index in [0.29, 0.717) is 35.0 Å². The minimum absolute atomic E-state index is 0.192. The van der Waals surface area contributed by atoms with Crippen LogP contribution in [0, 0.1) is 12.8 Å². The van der Waals surface area contributed by atoms with Gasteiger partial charge in [-0.2, -0.15) is 0 Å². The van der Waals surface area contributed by atoms with E-state index in [9.17, 15) is 9.59 Å². The van der Waals surface area contributed by atoms with Gasteiger partial charge in [0.05, 0.1) is 17.0 Å². The predicted molar refractivity (Wildman–Crippen MR) is 141 cm³/mol. The molecular weight excluding hydrogens is 454 g/mol. The van der Waals surface area contributed by atoms with E-state index >= 15 is 0 Å². The van der Waals surface area contributed by atoms with Gasteiger partial charge in [-0.1, -0.05) is 26.0 Å². The highest BCUT2D eigenvalue weighted by Crippen LogP contribution is 2.28. The molecule has 0 aliphatic rings. The SMILES string of the molecule is Cc1cccc(NC(=O)N(CC(C)C)c2ccc(Oc3ccnc(-c4cc(C(N)=O)c[nH]4)c3)cc2)c1. The zero-order chi connectivity index (χ0) is 25.7. The molecule has 0 unspecified atom stereocenters. The number of hydrogen-bond acceptors (Lipinski definition) is 4. The van der Waals surface area contributed by atoms with Gasteiger partial charge in [0, 0.05) is 36.4 Å². The van der Waals surface area contributed by atoms with Crippen LogP contribution in [0.25, 0.3) is 11.4 Å². The summed E-state index contributed by atoms with van der Waals surface area (Å²) >= 11 is 0. The number of aromatic amines is 1. The number of rotatable bonds is 8. The maximum atomic E-state index is 13.1. The molecule has 184 valence electrons. The average Bonchev–Trinajstić information content (AvgIpc) is 3.34. The first-order valence-corrected chi connectivity index (χ1v) is 11.7. The maximum Gasteiger partial charge on any atom is 0.326 e. The van der Waals surface area contributed by atoms with Crippen LogP contribution in [0.15, 0.2) is 79.1 Å². The molecule has 0 bridgehead atoms. The zero-order valence-electron chi connectivity index (χ0n) is 20.5. The van der Waals surface area contributed by atoms with E-state index in [1.54, 1.807) is 35.5 Å². The van der Waals surface area contributed by atoms with Crippen molar-refractivity contribution >= 4 is 23.3 Å². The molecule has 8 heteroatoms. The first kappa shape index (κ1) is 24.5. The summed E-state index contributed by atoms with van der Waals surface area (Å²) in [6, 6.07) is 20.1. The Hall–Kier alpha value is -4.59. The van der Waals surface area contributed by atoms with Crippen LogP contribution in [0.1, 0.15) is 29.8 Å². The van der Waals surface area contributed by atoms with Gasteiger partial charge in [0.1, 0.15) is 11.5 Å². The van der Waals surface area contributed by atoms with Crippen molar-refractivity contribution in [3.05, 3.63) is 90.3 Å². The molecule has 36 heavy (non-hydrogen) atoms. The number of nitrogens with one attached hydrogen (secondary N) is 2. The van der Waals surface area contributed by atoms with E-state index in [0.717, 1.165) is 16.9 Å². The molecule has 4 rings (SSSR count). The Morgan fingerprint density at radius 2 is 1.83 bits per heavy atom. The number of primary amides is 1. The summed E-state index contributed by atoms with van der Waals surface area (Å²) in [6.45, 7) is 6.70. The summed E-state index contributed by atoms with van der Waals surface area (Å²) in [5.74, 6) is 0.967. The number of carbonyl (C=O) groups is 2. The second-order valence-electron chi connectivity index (χ2n) is 8.94. The van der Waals surface area contributed by atoms with Crippen LogP contribution in [-0.4, -0.2) is 28.5 Å². The van der Waals surface area contributed by atoms with Gasteiger partial charge in [0.25, 0.3) is 0 Å². The normalized spacial score (nSPS) is 10.8. The molecular formula is C28H29N5O3. The fourth-order valence-electron chi connectivity index (χ4n) is 3.72. The topological polar surface area (TPSA) is 113 Å². The van der Waals surface area contributed by atoms with E-state index in [1.165, 1.54) is 0 Å².